The van der Waals surface area contributed by atoms with Gasteiger partial charge in [-0.25, -0.2) is 4.79 Å². The van der Waals surface area contributed by atoms with E-state index < -0.39 is 5.97 Å². The van der Waals surface area contributed by atoms with Crippen LogP contribution in [0.5, 0.6) is 0 Å². The van der Waals surface area contributed by atoms with E-state index in [1.165, 1.54) is 4.90 Å². The molecule has 106 valence electrons. The lowest BCUT2D eigenvalue weighted by molar-refractivity contribution is -0.137. The Morgan fingerprint density at radius 2 is 2.05 bits per heavy atom. The second-order valence-corrected chi connectivity index (χ2v) is 4.27. The van der Waals surface area contributed by atoms with Gasteiger partial charge in [0.1, 0.15) is 6.07 Å². The summed E-state index contributed by atoms with van der Waals surface area (Å²) in [4.78, 5) is 23.6. The summed E-state index contributed by atoms with van der Waals surface area (Å²) in [5, 5.41) is 20.2. The van der Waals surface area contributed by atoms with Crippen LogP contribution in [0.2, 0.25) is 0 Å². The SMILES string of the molecule is CN(C(=O)NCCCCC(=O)O)c1ccccc1C#N. The number of carboxylic acids is 1. The molecule has 0 radical (unpaired) electrons. The first-order chi connectivity index (χ1) is 9.56. The van der Waals surface area contributed by atoms with E-state index >= 15 is 0 Å². The van der Waals surface area contributed by atoms with Crippen molar-refractivity contribution < 1.29 is 14.7 Å². The lowest BCUT2D eigenvalue weighted by Gasteiger charge is -2.19. The van der Waals surface area contributed by atoms with Gasteiger partial charge in [-0.2, -0.15) is 5.26 Å². The number of carbonyl (C=O) groups is 2. The zero-order chi connectivity index (χ0) is 15.0. The number of anilines is 1. The molecule has 1 rings (SSSR count). The van der Waals surface area contributed by atoms with Crippen molar-refractivity contribution in [3.63, 3.8) is 0 Å². The number of hydrogen-bond acceptors (Lipinski definition) is 3. The van der Waals surface area contributed by atoms with E-state index in [1.807, 2.05) is 6.07 Å². The number of nitrogens with zero attached hydrogens (tertiary/aromatic N) is 2. The molecule has 0 bridgehead atoms. The van der Waals surface area contributed by atoms with Crippen molar-refractivity contribution in [2.24, 2.45) is 0 Å². The number of carbonyl (C=O) groups excluding carboxylic acids is 1. The molecular weight excluding hydrogens is 258 g/mol. The van der Waals surface area contributed by atoms with Crippen LogP contribution in [0, 0.1) is 11.3 Å². The number of carboxylic acid groups (broad SMARTS) is 1. The average molecular weight is 275 g/mol. The van der Waals surface area contributed by atoms with Crippen molar-refractivity contribution >= 4 is 17.7 Å². The number of rotatable bonds is 6. The number of nitriles is 1. The molecule has 0 aromatic heterocycles. The van der Waals surface area contributed by atoms with Gasteiger partial charge >= 0.3 is 12.0 Å². The van der Waals surface area contributed by atoms with E-state index in [0.29, 0.717) is 30.6 Å². The van der Waals surface area contributed by atoms with Crippen molar-refractivity contribution in [1.82, 2.24) is 5.32 Å². The quantitative estimate of drug-likeness (QED) is 0.776. The molecule has 0 aliphatic rings. The number of amides is 2. The normalized spacial score (nSPS) is 9.60. The first-order valence-corrected chi connectivity index (χ1v) is 6.28. The van der Waals surface area contributed by atoms with E-state index in [-0.39, 0.29) is 12.5 Å². The maximum absolute atomic E-state index is 11.9. The van der Waals surface area contributed by atoms with Gasteiger partial charge in [0.05, 0.1) is 11.3 Å². The Labute approximate surface area is 117 Å². The lowest BCUT2D eigenvalue weighted by atomic mass is 10.2. The predicted molar refractivity (Wildman–Crippen MR) is 74.4 cm³/mol. The number of nitrogens with one attached hydrogen (secondary N) is 1. The molecule has 0 aliphatic heterocycles. The Kier molecular flexibility index (Phi) is 6.04. The number of hydrogen-bond donors (Lipinski definition) is 2. The molecule has 6 heteroatoms. The van der Waals surface area contributed by atoms with E-state index in [9.17, 15) is 9.59 Å². The minimum Gasteiger partial charge on any atom is -0.481 e. The van der Waals surface area contributed by atoms with Crippen molar-refractivity contribution in [2.45, 2.75) is 19.3 Å². The monoisotopic (exact) mass is 275 g/mol. The molecule has 20 heavy (non-hydrogen) atoms. The summed E-state index contributed by atoms with van der Waals surface area (Å²) in [7, 11) is 1.59. The Morgan fingerprint density at radius 3 is 2.70 bits per heavy atom. The average Bonchev–Trinajstić information content (AvgIpc) is 2.45. The van der Waals surface area contributed by atoms with Gasteiger partial charge in [0, 0.05) is 20.0 Å². The van der Waals surface area contributed by atoms with Gasteiger partial charge in [0.2, 0.25) is 0 Å². The third kappa shape index (κ3) is 4.61. The van der Waals surface area contributed by atoms with Gasteiger partial charge in [-0.15, -0.1) is 0 Å². The Bertz CT molecular complexity index is 523. The maximum Gasteiger partial charge on any atom is 0.321 e. The van der Waals surface area contributed by atoms with E-state index in [4.69, 9.17) is 10.4 Å². The van der Waals surface area contributed by atoms with Crippen LogP contribution in [-0.2, 0) is 4.79 Å². The molecule has 1 aromatic rings. The van der Waals surface area contributed by atoms with Crippen LogP contribution in [0.15, 0.2) is 24.3 Å². The van der Waals surface area contributed by atoms with Crippen LogP contribution in [0.4, 0.5) is 10.5 Å². The highest BCUT2D eigenvalue weighted by Gasteiger charge is 2.13. The molecule has 0 saturated heterocycles. The van der Waals surface area contributed by atoms with E-state index in [0.717, 1.165) is 0 Å². The first-order valence-electron chi connectivity index (χ1n) is 6.28. The molecule has 2 N–H and O–H groups in total. The molecule has 0 spiro atoms. The van der Waals surface area contributed by atoms with Gasteiger partial charge in [-0.05, 0) is 25.0 Å². The number of unbranched alkanes of at least 4 members (excludes halogenated alkanes) is 1. The van der Waals surface area contributed by atoms with Gasteiger partial charge in [-0.1, -0.05) is 12.1 Å². The predicted octanol–water partition coefficient (Wildman–Crippen LogP) is 1.96. The summed E-state index contributed by atoms with van der Waals surface area (Å²) < 4.78 is 0. The summed E-state index contributed by atoms with van der Waals surface area (Å²) in [6.07, 6.45) is 1.23. The summed E-state index contributed by atoms with van der Waals surface area (Å²) in [5.41, 5.74) is 0.967. The Morgan fingerprint density at radius 1 is 1.35 bits per heavy atom. The van der Waals surface area contributed by atoms with Crippen LogP contribution >= 0.6 is 0 Å². The van der Waals surface area contributed by atoms with Crippen LogP contribution < -0.4 is 10.2 Å². The fourth-order valence-corrected chi connectivity index (χ4v) is 1.69. The van der Waals surface area contributed by atoms with Gasteiger partial charge in [0.15, 0.2) is 0 Å². The van der Waals surface area contributed by atoms with E-state index in [1.54, 1.807) is 31.3 Å². The smallest absolute Gasteiger partial charge is 0.321 e. The molecule has 0 unspecified atom stereocenters. The minimum atomic E-state index is -0.837. The zero-order valence-electron chi connectivity index (χ0n) is 11.3. The van der Waals surface area contributed by atoms with E-state index in [2.05, 4.69) is 5.32 Å². The Hall–Kier alpha value is -2.55. The molecule has 0 saturated carbocycles. The van der Waals surface area contributed by atoms with Crippen LogP contribution in [-0.4, -0.2) is 30.7 Å². The second-order valence-electron chi connectivity index (χ2n) is 4.27. The summed E-state index contributed by atoms with van der Waals surface area (Å²) in [5.74, 6) is -0.837. The fourth-order valence-electron chi connectivity index (χ4n) is 1.69. The number of benzene rings is 1. The molecule has 2 amide bonds. The highest BCUT2D eigenvalue weighted by molar-refractivity contribution is 5.92. The topological polar surface area (TPSA) is 93.4 Å². The van der Waals surface area contributed by atoms with Crippen molar-refractivity contribution in [3.05, 3.63) is 29.8 Å². The first kappa shape index (κ1) is 15.5. The molecule has 1 aromatic carbocycles. The number of para-hydroxylation sites is 1. The molecule has 6 nitrogen and oxygen atoms in total. The van der Waals surface area contributed by atoms with Gasteiger partial charge in [-0.3, -0.25) is 9.69 Å². The highest BCUT2D eigenvalue weighted by Crippen LogP contribution is 2.17. The summed E-state index contributed by atoms with van der Waals surface area (Å²) in [6.45, 7) is 0.408. The molecule has 0 aliphatic carbocycles. The van der Waals surface area contributed by atoms with Crippen LogP contribution in [0.1, 0.15) is 24.8 Å². The zero-order valence-corrected chi connectivity index (χ0v) is 11.3. The maximum atomic E-state index is 11.9. The molecular formula is C14H17N3O3. The Balaban J connectivity index is 2.47. The van der Waals surface area contributed by atoms with Crippen LogP contribution in [0.25, 0.3) is 0 Å². The molecule has 0 heterocycles. The largest absolute Gasteiger partial charge is 0.481 e. The third-order valence-electron chi connectivity index (χ3n) is 2.78. The fraction of sp³-hybridized carbons (Fsp3) is 0.357. The summed E-state index contributed by atoms with van der Waals surface area (Å²) in [6, 6.07) is 8.55. The highest BCUT2D eigenvalue weighted by atomic mass is 16.4. The summed E-state index contributed by atoms with van der Waals surface area (Å²) >= 11 is 0. The molecule has 0 atom stereocenters. The van der Waals surface area contributed by atoms with Gasteiger partial charge < -0.3 is 10.4 Å². The molecule has 0 fully saturated rings. The van der Waals surface area contributed by atoms with Crippen molar-refractivity contribution in [3.8, 4) is 6.07 Å². The standard InChI is InChI=1S/C14H17N3O3/c1-17(12-7-3-2-6-11(12)10-15)14(20)16-9-5-4-8-13(18)19/h2-3,6-7H,4-5,8-9H2,1H3,(H,16,20)(H,18,19). The minimum absolute atomic E-state index is 0.100. The van der Waals surface area contributed by atoms with Crippen LogP contribution in [0.3, 0.4) is 0 Å². The lowest BCUT2D eigenvalue weighted by Crippen LogP contribution is -2.38. The third-order valence-corrected chi connectivity index (χ3v) is 2.78. The van der Waals surface area contributed by atoms with Gasteiger partial charge in [0.25, 0.3) is 0 Å². The van der Waals surface area contributed by atoms with Crippen molar-refractivity contribution in [2.75, 3.05) is 18.5 Å². The van der Waals surface area contributed by atoms with Crippen molar-refractivity contribution in [1.29, 1.82) is 5.26 Å². The number of aliphatic carboxylic acids is 1. The number of urea groups is 1. The second kappa shape index (κ2) is 7.79.